The average molecular weight is 435 g/mol. The molecule has 2 atom stereocenters. The highest BCUT2D eigenvalue weighted by atomic mass is 32.1. The van der Waals surface area contributed by atoms with Crippen molar-refractivity contribution in [2.24, 2.45) is 11.8 Å². The molecule has 32 heavy (non-hydrogen) atoms. The fourth-order valence-electron chi connectivity index (χ4n) is 5.97. The SMILES string of the molecule is O=C1[C@H]2C3c4ccccc4C(c4ccccc43)[C@@H]2C(=O)N1c1nc(-c2ccccc2)cs1. The summed E-state index contributed by atoms with van der Waals surface area (Å²) in [5, 5.41) is 2.39. The summed E-state index contributed by atoms with van der Waals surface area (Å²) in [6.07, 6.45) is 0. The molecule has 1 aromatic heterocycles. The van der Waals surface area contributed by atoms with Crippen molar-refractivity contribution in [3.8, 4) is 11.3 Å². The van der Waals surface area contributed by atoms with Gasteiger partial charge in [-0.15, -0.1) is 11.3 Å². The van der Waals surface area contributed by atoms with Gasteiger partial charge in [-0.05, 0) is 22.3 Å². The van der Waals surface area contributed by atoms with Crippen LogP contribution in [0.2, 0.25) is 0 Å². The molecule has 1 aliphatic heterocycles. The maximum absolute atomic E-state index is 13.8. The number of carbonyl (C=O) groups is 2. The molecule has 0 radical (unpaired) electrons. The number of rotatable bonds is 2. The van der Waals surface area contributed by atoms with E-state index in [1.165, 1.54) is 38.5 Å². The third kappa shape index (κ3) is 2.24. The lowest BCUT2D eigenvalue weighted by atomic mass is 9.55. The maximum atomic E-state index is 13.8. The van der Waals surface area contributed by atoms with Crippen LogP contribution in [0, 0.1) is 11.8 Å². The Kier molecular flexibility index (Phi) is 3.65. The summed E-state index contributed by atoms with van der Waals surface area (Å²) in [5.74, 6) is -1.16. The summed E-state index contributed by atoms with van der Waals surface area (Å²) >= 11 is 1.36. The Labute approximate surface area is 189 Å². The van der Waals surface area contributed by atoms with Gasteiger partial charge in [-0.25, -0.2) is 9.88 Å². The molecule has 2 heterocycles. The van der Waals surface area contributed by atoms with Crippen LogP contribution in [-0.2, 0) is 9.59 Å². The largest absolute Gasteiger partial charge is 0.274 e. The van der Waals surface area contributed by atoms with Crippen LogP contribution in [0.3, 0.4) is 0 Å². The second kappa shape index (κ2) is 6.47. The van der Waals surface area contributed by atoms with Crippen LogP contribution in [0.15, 0.2) is 84.2 Å². The van der Waals surface area contributed by atoms with Crippen molar-refractivity contribution >= 4 is 28.3 Å². The van der Waals surface area contributed by atoms with Gasteiger partial charge in [0.25, 0.3) is 0 Å². The highest BCUT2D eigenvalue weighted by Crippen LogP contribution is 2.61. The molecule has 5 heteroatoms. The van der Waals surface area contributed by atoms with Gasteiger partial charge in [0.15, 0.2) is 5.13 Å². The second-order valence-corrected chi connectivity index (χ2v) is 9.49. The zero-order chi connectivity index (χ0) is 21.4. The highest BCUT2D eigenvalue weighted by molar-refractivity contribution is 7.14. The lowest BCUT2D eigenvalue weighted by Crippen LogP contribution is -2.41. The normalized spacial score (nSPS) is 24.9. The van der Waals surface area contributed by atoms with Gasteiger partial charge in [0.1, 0.15) is 0 Å². The van der Waals surface area contributed by atoms with Crippen LogP contribution in [0.5, 0.6) is 0 Å². The van der Waals surface area contributed by atoms with Gasteiger partial charge in [0, 0.05) is 22.8 Å². The standard InChI is InChI=1S/C27H18N2O2S/c30-25-23-21-16-10-4-5-11-17(16)22(19-13-7-6-12-18(19)21)24(23)26(31)29(25)27-28-20(14-32-27)15-8-2-1-3-9-15/h1-14,21-24H/t21?,22?,23-,24-/m0/s1. The number of carbonyl (C=O) groups excluding carboxylic acids is 2. The number of thiazole rings is 1. The first-order chi connectivity index (χ1) is 15.7. The minimum absolute atomic E-state index is 0.0904. The lowest BCUT2D eigenvalue weighted by Gasteiger charge is -2.45. The van der Waals surface area contributed by atoms with Gasteiger partial charge in [0.2, 0.25) is 11.8 Å². The van der Waals surface area contributed by atoms with E-state index >= 15 is 0 Å². The van der Waals surface area contributed by atoms with Crippen LogP contribution >= 0.6 is 11.3 Å². The molecule has 8 rings (SSSR count). The summed E-state index contributed by atoms with van der Waals surface area (Å²) in [5.41, 5.74) is 6.50. The molecule has 3 aliphatic carbocycles. The Balaban J connectivity index is 1.36. The fraction of sp³-hybridized carbons (Fsp3) is 0.148. The smallest absolute Gasteiger partial charge is 0.240 e. The van der Waals surface area contributed by atoms with Crippen molar-refractivity contribution in [2.45, 2.75) is 11.8 Å². The minimum Gasteiger partial charge on any atom is -0.274 e. The first-order valence-corrected chi connectivity index (χ1v) is 11.7. The number of nitrogens with zero attached hydrogens (tertiary/aromatic N) is 2. The van der Waals surface area contributed by atoms with E-state index in [4.69, 9.17) is 4.98 Å². The molecular weight excluding hydrogens is 416 g/mol. The van der Waals surface area contributed by atoms with E-state index in [1.54, 1.807) is 0 Å². The van der Waals surface area contributed by atoms with Gasteiger partial charge >= 0.3 is 0 Å². The summed E-state index contributed by atoms with van der Waals surface area (Å²) in [6.45, 7) is 0. The van der Waals surface area contributed by atoms with Gasteiger partial charge in [-0.2, -0.15) is 0 Å². The molecule has 1 fully saturated rings. The van der Waals surface area contributed by atoms with Crippen molar-refractivity contribution in [1.82, 2.24) is 4.98 Å². The predicted octanol–water partition coefficient (Wildman–Crippen LogP) is 5.21. The average Bonchev–Trinajstić information content (AvgIpc) is 3.43. The summed E-state index contributed by atoms with van der Waals surface area (Å²) in [7, 11) is 0. The minimum atomic E-state index is -0.374. The number of benzene rings is 3. The topological polar surface area (TPSA) is 50.3 Å². The van der Waals surface area contributed by atoms with E-state index in [2.05, 4.69) is 24.3 Å². The molecule has 2 amide bonds. The molecule has 2 bridgehead atoms. The highest BCUT2D eigenvalue weighted by Gasteiger charge is 2.62. The molecule has 1 saturated heterocycles. The Morgan fingerprint density at radius 1 is 0.656 bits per heavy atom. The monoisotopic (exact) mass is 434 g/mol. The first-order valence-electron chi connectivity index (χ1n) is 10.8. The van der Waals surface area contributed by atoms with Crippen molar-refractivity contribution < 1.29 is 9.59 Å². The molecule has 3 aromatic carbocycles. The van der Waals surface area contributed by atoms with E-state index < -0.39 is 0 Å². The molecule has 0 N–H and O–H groups in total. The number of imide groups is 1. The number of hydrogen-bond acceptors (Lipinski definition) is 4. The van der Waals surface area contributed by atoms with Crippen molar-refractivity contribution in [1.29, 1.82) is 0 Å². The molecule has 4 nitrogen and oxygen atoms in total. The number of amides is 2. The van der Waals surface area contributed by atoms with Gasteiger partial charge in [-0.1, -0.05) is 78.9 Å². The maximum Gasteiger partial charge on any atom is 0.240 e. The van der Waals surface area contributed by atoms with Crippen LogP contribution in [-0.4, -0.2) is 16.8 Å². The van der Waals surface area contributed by atoms with Crippen molar-refractivity contribution in [3.63, 3.8) is 0 Å². The van der Waals surface area contributed by atoms with Crippen LogP contribution in [0.1, 0.15) is 34.1 Å². The van der Waals surface area contributed by atoms with E-state index in [1.807, 2.05) is 60.0 Å². The lowest BCUT2D eigenvalue weighted by molar-refractivity contribution is -0.122. The van der Waals surface area contributed by atoms with E-state index in [0.717, 1.165) is 11.3 Å². The summed E-state index contributed by atoms with van der Waals surface area (Å²) < 4.78 is 0. The Morgan fingerprint density at radius 2 is 1.12 bits per heavy atom. The van der Waals surface area contributed by atoms with Crippen LogP contribution in [0.25, 0.3) is 11.3 Å². The van der Waals surface area contributed by atoms with Gasteiger partial charge in [0.05, 0.1) is 17.5 Å². The summed E-state index contributed by atoms with van der Waals surface area (Å²) in [4.78, 5) is 33.6. The molecule has 4 aliphatic rings. The van der Waals surface area contributed by atoms with E-state index in [-0.39, 0.29) is 35.5 Å². The first kappa shape index (κ1) is 18.0. The van der Waals surface area contributed by atoms with Crippen molar-refractivity contribution in [3.05, 3.63) is 106 Å². The Morgan fingerprint density at radius 3 is 1.62 bits per heavy atom. The third-order valence-corrected chi connectivity index (χ3v) is 8.03. The van der Waals surface area contributed by atoms with Gasteiger partial charge < -0.3 is 0 Å². The number of hydrogen-bond donors (Lipinski definition) is 0. The van der Waals surface area contributed by atoms with Crippen LogP contribution in [0.4, 0.5) is 5.13 Å². The Hall–Kier alpha value is -3.57. The molecule has 154 valence electrons. The van der Waals surface area contributed by atoms with E-state index in [0.29, 0.717) is 5.13 Å². The zero-order valence-electron chi connectivity index (χ0n) is 17.0. The molecule has 0 saturated carbocycles. The third-order valence-electron chi connectivity index (χ3n) is 7.20. The fourth-order valence-corrected chi connectivity index (χ4v) is 6.82. The van der Waals surface area contributed by atoms with Gasteiger partial charge in [-0.3, -0.25) is 9.59 Å². The summed E-state index contributed by atoms with van der Waals surface area (Å²) in [6, 6.07) is 26.5. The number of aromatic nitrogens is 1. The molecular formula is C27H18N2O2S. The second-order valence-electron chi connectivity index (χ2n) is 8.66. The predicted molar refractivity (Wildman–Crippen MR) is 124 cm³/mol. The van der Waals surface area contributed by atoms with Crippen molar-refractivity contribution in [2.75, 3.05) is 4.90 Å². The van der Waals surface area contributed by atoms with E-state index in [9.17, 15) is 9.59 Å². The number of anilines is 1. The molecule has 0 spiro atoms. The zero-order valence-corrected chi connectivity index (χ0v) is 17.8. The van der Waals surface area contributed by atoms with Crippen LogP contribution < -0.4 is 4.90 Å². The molecule has 4 aromatic rings. The quantitative estimate of drug-likeness (QED) is 0.407. The molecule has 0 unspecified atom stereocenters. The Bertz CT molecular complexity index is 1290.